The number of allylic oxidation sites excluding steroid dienone is 2. The molecule has 0 aromatic carbocycles. The van der Waals surface area contributed by atoms with Gasteiger partial charge in [0.15, 0.2) is 0 Å². The van der Waals surface area contributed by atoms with E-state index in [1.54, 1.807) is 0 Å². The second-order valence-electron chi connectivity index (χ2n) is 6.44. The van der Waals surface area contributed by atoms with Crippen molar-refractivity contribution in [1.82, 2.24) is 4.90 Å². The molecule has 20 heavy (non-hydrogen) atoms. The van der Waals surface area contributed by atoms with Crippen molar-refractivity contribution in [2.45, 2.75) is 38.5 Å². The number of nitrogens with zero attached hydrogens (tertiary/aromatic N) is 1. The quantitative estimate of drug-likeness (QED) is 0.788. The number of carboxylic acid groups (broad SMARTS) is 1. The lowest BCUT2D eigenvalue weighted by Crippen LogP contribution is -2.40. The number of aliphatic carboxylic acids is 1. The molecule has 1 unspecified atom stereocenters. The van der Waals surface area contributed by atoms with Crippen LogP contribution in [-0.2, 0) is 9.59 Å². The number of hydrogen-bond donors (Lipinski definition) is 1. The largest absolute Gasteiger partial charge is 0.481 e. The Labute approximate surface area is 119 Å². The molecule has 1 aliphatic heterocycles. The van der Waals surface area contributed by atoms with E-state index in [1.807, 2.05) is 4.90 Å². The van der Waals surface area contributed by atoms with Gasteiger partial charge in [-0.2, -0.15) is 0 Å². The summed E-state index contributed by atoms with van der Waals surface area (Å²) >= 11 is 0. The van der Waals surface area contributed by atoms with Gasteiger partial charge in [0.25, 0.3) is 0 Å². The zero-order valence-electron chi connectivity index (χ0n) is 11.8. The molecule has 4 heteroatoms. The van der Waals surface area contributed by atoms with E-state index in [4.69, 9.17) is 5.11 Å². The number of likely N-dealkylation sites (tertiary alicyclic amines) is 1. The van der Waals surface area contributed by atoms with Gasteiger partial charge in [0.2, 0.25) is 5.91 Å². The van der Waals surface area contributed by atoms with Crippen molar-refractivity contribution >= 4 is 11.9 Å². The standard InChI is InChI=1S/C16H23NO3/c18-15(11-6-4-2-1-3-5-7-11)17-9-8-12-13(10-17)14(12)16(19)20/h1-2,11-14H,3-10H2,(H,19,20)/b2-1-/t11?,12-,13+,14-/m1/s1. The first kappa shape index (κ1) is 13.7. The first-order valence-corrected chi connectivity index (χ1v) is 7.85. The van der Waals surface area contributed by atoms with Crippen molar-refractivity contribution in [3.8, 4) is 0 Å². The number of carboxylic acids is 1. The molecule has 3 aliphatic rings. The molecule has 0 spiro atoms. The second-order valence-corrected chi connectivity index (χ2v) is 6.44. The number of amides is 1. The zero-order valence-corrected chi connectivity index (χ0v) is 11.8. The maximum atomic E-state index is 12.6. The fraction of sp³-hybridized carbons (Fsp3) is 0.750. The van der Waals surface area contributed by atoms with E-state index in [0.29, 0.717) is 12.5 Å². The fourth-order valence-corrected chi connectivity index (χ4v) is 3.97. The van der Waals surface area contributed by atoms with Crippen LogP contribution in [0.4, 0.5) is 0 Å². The van der Waals surface area contributed by atoms with Gasteiger partial charge < -0.3 is 10.0 Å². The van der Waals surface area contributed by atoms with Crippen LogP contribution in [0, 0.1) is 23.7 Å². The molecule has 4 nitrogen and oxygen atoms in total. The van der Waals surface area contributed by atoms with Gasteiger partial charge in [-0.05, 0) is 50.4 Å². The smallest absolute Gasteiger partial charge is 0.307 e. The van der Waals surface area contributed by atoms with Gasteiger partial charge >= 0.3 is 5.97 Å². The van der Waals surface area contributed by atoms with Crippen molar-refractivity contribution in [2.75, 3.05) is 13.1 Å². The van der Waals surface area contributed by atoms with Crippen LogP contribution in [0.1, 0.15) is 38.5 Å². The predicted octanol–water partition coefficient (Wildman–Crippen LogP) is 2.30. The number of piperidine rings is 1. The predicted molar refractivity (Wildman–Crippen MR) is 75.0 cm³/mol. The van der Waals surface area contributed by atoms with Crippen LogP contribution in [0.15, 0.2) is 12.2 Å². The van der Waals surface area contributed by atoms with Crippen LogP contribution in [0.3, 0.4) is 0 Å². The van der Waals surface area contributed by atoms with Gasteiger partial charge in [0, 0.05) is 19.0 Å². The van der Waals surface area contributed by atoms with Crippen molar-refractivity contribution in [3.05, 3.63) is 12.2 Å². The number of carbonyl (C=O) groups is 2. The Morgan fingerprint density at radius 3 is 2.65 bits per heavy atom. The topological polar surface area (TPSA) is 57.6 Å². The summed E-state index contributed by atoms with van der Waals surface area (Å²) in [5.41, 5.74) is 0. The summed E-state index contributed by atoms with van der Waals surface area (Å²) in [5.74, 6) is 0.113. The fourth-order valence-electron chi connectivity index (χ4n) is 3.97. The Bertz CT molecular complexity index is 431. The minimum absolute atomic E-state index is 0.151. The van der Waals surface area contributed by atoms with Gasteiger partial charge in [-0.3, -0.25) is 9.59 Å². The third kappa shape index (κ3) is 2.60. The Kier molecular flexibility index (Phi) is 3.81. The SMILES string of the molecule is O=C(O)[C@@H]1[C@@H]2CCN(C(=O)C3CC/C=C\CCC3)C[C@@H]21. The van der Waals surface area contributed by atoms with Crippen LogP contribution < -0.4 is 0 Å². The highest BCUT2D eigenvalue weighted by molar-refractivity contribution is 5.80. The van der Waals surface area contributed by atoms with Crippen LogP contribution in [0.25, 0.3) is 0 Å². The van der Waals surface area contributed by atoms with E-state index < -0.39 is 5.97 Å². The Hall–Kier alpha value is -1.32. The summed E-state index contributed by atoms with van der Waals surface area (Å²) in [7, 11) is 0. The molecule has 3 rings (SSSR count). The number of carbonyl (C=O) groups excluding carboxylic acids is 1. The minimum atomic E-state index is -0.676. The van der Waals surface area contributed by atoms with Gasteiger partial charge in [-0.15, -0.1) is 0 Å². The molecule has 1 heterocycles. The summed E-state index contributed by atoms with van der Waals surface area (Å²) in [5, 5.41) is 9.12. The molecule has 110 valence electrons. The summed E-state index contributed by atoms with van der Waals surface area (Å²) < 4.78 is 0. The highest BCUT2D eigenvalue weighted by atomic mass is 16.4. The molecular formula is C16H23NO3. The molecule has 2 fully saturated rings. The first-order valence-electron chi connectivity index (χ1n) is 7.85. The molecule has 0 aromatic rings. The van der Waals surface area contributed by atoms with E-state index in [0.717, 1.165) is 45.1 Å². The zero-order chi connectivity index (χ0) is 14.1. The van der Waals surface area contributed by atoms with Crippen molar-refractivity contribution in [1.29, 1.82) is 0 Å². The van der Waals surface area contributed by atoms with E-state index in [-0.39, 0.29) is 23.7 Å². The Morgan fingerprint density at radius 2 is 1.85 bits per heavy atom. The van der Waals surface area contributed by atoms with E-state index in [1.165, 1.54) is 0 Å². The van der Waals surface area contributed by atoms with Crippen LogP contribution in [-0.4, -0.2) is 35.0 Å². The van der Waals surface area contributed by atoms with E-state index >= 15 is 0 Å². The summed E-state index contributed by atoms with van der Waals surface area (Å²) in [6.07, 6.45) is 10.4. The van der Waals surface area contributed by atoms with Gasteiger partial charge in [0.05, 0.1) is 5.92 Å². The van der Waals surface area contributed by atoms with Crippen LogP contribution >= 0.6 is 0 Å². The summed E-state index contributed by atoms with van der Waals surface area (Å²) in [6, 6.07) is 0. The van der Waals surface area contributed by atoms with E-state index in [2.05, 4.69) is 12.2 Å². The molecule has 0 aromatic heterocycles. The number of rotatable bonds is 2. The number of hydrogen-bond acceptors (Lipinski definition) is 2. The lowest BCUT2D eigenvalue weighted by atomic mass is 9.92. The molecule has 1 amide bonds. The average molecular weight is 277 g/mol. The summed E-state index contributed by atoms with van der Waals surface area (Å²) in [6.45, 7) is 1.43. The molecule has 2 aliphatic carbocycles. The molecule has 0 bridgehead atoms. The van der Waals surface area contributed by atoms with Crippen LogP contribution in [0.2, 0.25) is 0 Å². The molecule has 1 saturated heterocycles. The molecule has 1 N–H and O–H groups in total. The normalized spacial score (nSPS) is 38.3. The molecule has 0 radical (unpaired) electrons. The Balaban J connectivity index is 1.58. The molecule has 1 saturated carbocycles. The highest BCUT2D eigenvalue weighted by Crippen LogP contribution is 2.51. The van der Waals surface area contributed by atoms with Gasteiger partial charge in [-0.1, -0.05) is 12.2 Å². The lowest BCUT2D eigenvalue weighted by molar-refractivity contribution is -0.140. The third-order valence-electron chi connectivity index (χ3n) is 5.21. The monoisotopic (exact) mass is 277 g/mol. The molecular weight excluding hydrogens is 254 g/mol. The summed E-state index contributed by atoms with van der Waals surface area (Å²) in [4.78, 5) is 25.6. The third-order valence-corrected chi connectivity index (χ3v) is 5.21. The minimum Gasteiger partial charge on any atom is -0.481 e. The molecule has 4 atom stereocenters. The second kappa shape index (κ2) is 5.58. The van der Waals surface area contributed by atoms with E-state index in [9.17, 15) is 9.59 Å². The van der Waals surface area contributed by atoms with Gasteiger partial charge in [0.1, 0.15) is 0 Å². The van der Waals surface area contributed by atoms with Crippen LogP contribution in [0.5, 0.6) is 0 Å². The lowest BCUT2D eigenvalue weighted by Gasteiger charge is -2.30. The maximum Gasteiger partial charge on any atom is 0.307 e. The first-order chi connectivity index (χ1) is 9.68. The highest BCUT2D eigenvalue weighted by Gasteiger charge is 2.57. The Morgan fingerprint density at radius 1 is 1.05 bits per heavy atom. The number of fused-ring (bicyclic) bond motifs is 1. The van der Waals surface area contributed by atoms with Crippen molar-refractivity contribution in [3.63, 3.8) is 0 Å². The maximum absolute atomic E-state index is 12.6. The van der Waals surface area contributed by atoms with Crippen molar-refractivity contribution < 1.29 is 14.7 Å². The van der Waals surface area contributed by atoms with Gasteiger partial charge in [-0.25, -0.2) is 0 Å². The average Bonchev–Trinajstić information content (AvgIpc) is 3.10. The van der Waals surface area contributed by atoms with Crippen molar-refractivity contribution in [2.24, 2.45) is 23.7 Å².